The molecule has 0 saturated carbocycles. The molecule has 20 heavy (non-hydrogen) atoms. The molecule has 0 bridgehead atoms. The molecule has 1 fully saturated rings. The van der Waals surface area contributed by atoms with E-state index < -0.39 is 11.3 Å². The molecule has 0 radical (unpaired) electrons. The van der Waals surface area contributed by atoms with Crippen LogP contribution in [0.4, 0.5) is 0 Å². The second-order valence-electron chi connectivity index (χ2n) is 4.52. The van der Waals surface area contributed by atoms with Gasteiger partial charge in [-0.25, -0.2) is 9.04 Å². The zero-order valence-electron chi connectivity index (χ0n) is 11.0. The number of hydrazone groups is 1. The molecule has 1 saturated heterocycles. The highest BCUT2D eigenvalue weighted by molar-refractivity contribution is 7.77. The maximum atomic E-state index is 12.5. The van der Waals surface area contributed by atoms with Crippen LogP contribution in [-0.2, 0) is 16.1 Å². The van der Waals surface area contributed by atoms with Crippen molar-refractivity contribution in [2.24, 2.45) is 5.10 Å². The van der Waals surface area contributed by atoms with Gasteiger partial charge in [0.05, 0.1) is 0 Å². The van der Waals surface area contributed by atoms with Gasteiger partial charge in [0.1, 0.15) is 0 Å². The normalized spacial score (nSPS) is 17.6. The van der Waals surface area contributed by atoms with E-state index in [9.17, 15) is 9.00 Å². The fraction of sp³-hybridized carbons (Fsp3) is 0.385. The molecule has 7 heteroatoms. The lowest BCUT2D eigenvalue weighted by molar-refractivity contribution is -0.124. The number of likely N-dealkylation sites (tertiary alicyclic amines) is 1. The van der Waals surface area contributed by atoms with E-state index in [-0.39, 0.29) is 11.6 Å². The number of carbonyl (C=O) groups is 1. The molecule has 2 N–H and O–H groups in total. The second-order valence-corrected chi connectivity index (χ2v) is 5.20. The third-order valence-corrected chi connectivity index (χ3v) is 3.38. The molecule has 6 nitrogen and oxygen atoms in total. The summed E-state index contributed by atoms with van der Waals surface area (Å²) >= 11 is -2.29. The Balaban J connectivity index is 2.24. The highest BCUT2D eigenvalue weighted by Gasteiger charge is 2.23. The third kappa shape index (κ3) is 3.88. The predicted octanol–water partition coefficient (Wildman–Crippen LogP) is 1.13. The van der Waals surface area contributed by atoms with Gasteiger partial charge in [-0.15, -0.1) is 0 Å². The maximum Gasteiger partial charge on any atom is 0.275 e. The van der Waals surface area contributed by atoms with Gasteiger partial charge in [-0.05, 0) is 19.3 Å². The molecular formula is C13H17N3O3S. The number of carbonyl (C=O) groups excluding carboxylic acids is 1. The van der Waals surface area contributed by atoms with Gasteiger partial charge in [0.15, 0.2) is 5.71 Å². The van der Waals surface area contributed by atoms with Gasteiger partial charge < -0.3 is 4.90 Å². The Hall–Kier alpha value is -1.73. The summed E-state index contributed by atoms with van der Waals surface area (Å²) < 4.78 is 19.5. The Morgan fingerprint density at radius 2 is 1.85 bits per heavy atom. The Labute approximate surface area is 120 Å². The summed E-state index contributed by atoms with van der Waals surface area (Å²) in [4.78, 5) is 16.3. The van der Waals surface area contributed by atoms with Gasteiger partial charge in [0.25, 0.3) is 17.2 Å². The Kier molecular flexibility index (Phi) is 5.25. The molecule has 0 aromatic heterocycles. The van der Waals surface area contributed by atoms with Crippen molar-refractivity contribution in [2.45, 2.75) is 19.3 Å². The van der Waals surface area contributed by atoms with Gasteiger partial charge in [0.2, 0.25) is 0 Å². The van der Waals surface area contributed by atoms with Crippen LogP contribution in [0.3, 0.4) is 0 Å². The first kappa shape index (κ1) is 14.7. The summed E-state index contributed by atoms with van der Waals surface area (Å²) in [5.74, 6) is -0.214. The van der Waals surface area contributed by atoms with Gasteiger partial charge in [0, 0.05) is 18.7 Å². The molecule has 1 atom stereocenters. The highest BCUT2D eigenvalue weighted by atomic mass is 32.2. The van der Waals surface area contributed by atoms with Crippen LogP contribution in [0.25, 0.3) is 0 Å². The van der Waals surface area contributed by atoms with Gasteiger partial charge in [-0.2, -0.15) is 5.10 Å². The average molecular weight is 295 g/mol. The molecule has 1 amide bonds. The maximum absolute atomic E-state index is 12.5. The molecule has 0 aliphatic carbocycles. The number of hydrogen-bond acceptors (Lipinski definition) is 3. The zero-order chi connectivity index (χ0) is 14.4. The van der Waals surface area contributed by atoms with Gasteiger partial charge in [-0.1, -0.05) is 30.3 Å². The number of nitrogens with one attached hydrogen (secondary N) is 1. The van der Waals surface area contributed by atoms with Crippen LogP contribution in [0.1, 0.15) is 24.8 Å². The Morgan fingerprint density at radius 1 is 1.20 bits per heavy atom. The molecule has 108 valence electrons. The largest absolute Gasteiger partial charge is 0.337 e. The monoisotopic (exact) mass is 295 g/mol. The van der Waals surface area contributed by atoms with E-state index in [1.54, 1.807) is 29.2 Å². The molecule has 1 aromatic rings. The lowest BCUT2D eigenvalue weighted by atomic mass is 10.1. The van der Waals surface area contributed by atoms with Crippen molar-refractivity contribution < 1.29 is 13.6 Å². The molecule has 1 aromatic carbocycles. The quantitative estimate of drug-likeness (QED) is 0.496. The van der Waals surface area contributed by atoms with Crippen molar-refractivity contribution in [3.63, 3.8) is 0 Å². The first-order valence-electron chi connectivity index (χ1n) is 6.47. The van der Waals surface area contributed by atoms with Crippen LogP contribution in [0.15, 0.2) is 35.4 Å². The van der Waals surface area contributed by atoms with Crippen LogP contribution < -0.4 is 4.83 Å². The van der Waals surface area contributed by atoms with Crippen LogP contribution in [0, 0.1) is 0 Å². The number of piperidine rings is 1. The smallest absolute Gasteiger partial charge is 0.275 e. The van der Waals surface area contributed by atoms with Crippen LogP contribution in [0.5, 0.6) is 0 Å². The minimum absolute atomic E-state index is 0.162. The molecule has 1 heterocycles. The minimum atomic E-state index is -2.29. The van der Waals surface area contributed by atoms with E-state index in [0.717, 1.165) is 19.3 Å². The summed E-state index contributed by atoms with van der Waals surface area (Å²) in [5, 5.41) is 3.79. The average Bonchev–Trinajstić information content (AvgIpc) is 2.49. The molecule has 1 aliphatic rings. The highest BCUT2D eigenvalue weighted by Crippen LogP contribution is 2.12. The fourth-order valence-electron chi connectivity index (χ4n) is 2.16. The van der Waals surface area contributed by atoms with Crippen molar-refractivity contribution in [3.8, 4) is 0 Å². The van der Waals surface area contributed by atoms with Crippen molar-refractivity contribution in [2.75, 3.05) is 13.1 Å². The third-order valence-electron chi connectivity index (χ3n) is 3.13. The molecule has 1 aliphatic heterocycles. The standard InChI is InChI=1S/C13H17N3O3S/c17-13(16-9-5-2-6-10-16)12(14-15-20(18)19)11-7-3-1-4-8-11/h1,3-4,7-8,15H,2,5-6,9-10H2,(H,18,19). The first-order valence-corrected chi connectivity index (χ1v) is 7.58. The predicted molar refractivity (Wildman–Crippen MR) is 77.3 cm³/mol. The number of amides is 1. The van der Waals surface area contributed by atoms with E-state index in [2.05, 4.69) is 5.10 Å². The van der Waals surface area contributed by atoms with Crippen molar-refractivity contribution in [1.29, 1.82) is 0 Å². The van der Waals surface area contributed by atoms with E-state index in [1.807, 2.05) is 10.9 Å². The van der Waals surface area contributed by atoms with Gasteiger partial charge >= 0.3 is 0 Å². The second kappa shape index (κ2) is 7.16. The fourth-order valence-corrected chi connectivity index (χ4v) is 2.33. The van der Waals surface area contributed by atoms with Crippen molar-refractivity contribution >= 4 is 22.9 Å². The lowest BCUT2D eigenvalue weighted by Crippen LogP contribution is -2.41. The van der Waals surface area contributed by atoms with Crippen molar-refractivity contribution in [1.82, 2.24) is 9.73 Å². The van der Waals surface area contributed by atoms with E-state index in [1.165, 1.54) is 0 Å². The SMILES string of the molecule is O=C(C(=NNS(=O)O)c1ccccc1)N1CCCCC1. The first-order chi connectivity index (χ1) is 9.68. The molecule has 1 unspecified atom stereocenters. The van der Waals surface area contributed by atoms with E-state index in [0.29, 0.717) is 18.7 Å². The number of rotatable bonds is 4. The number of hydrogen-bond donors (Lipinski definition) is 2. The molecule has 2 rings (SSSR count). The number of nitrogens with zero attached hydrogens (tertiary/aromatic N) is 2. The lowest BCUT2D eigenvalue weighted by Gasteiger charge is -2.27. The molecular weight excluding hydrogens is 278 g/mol. The molecule has 0 spiro atoms. The summed E-state index contributed by atoms with van der Waals surface area (Å²) in [6.45, 7) is 1.40. The Morgan fingerprint density at radius 3 is 2.45 bits per heavy atom. The minimum Gasteiger partial charge on any atom is -0.337 e. The van der Waals surface area contributed by atoms with E-state index in [4.69, 9.17) is 4.55 Å². The Bertz CT molecular complexity index is 513. The van der Waals surface area contributed by atoms with Crippen LogP contribution in [-0.4, -0.2) is 38.4 Å². The van der Waals surface area contributed by atoms with Crippen LogP contribution in [0.2, 0.25) is 0 Å². The summed E-state index contributed by atoms with van der Waals surface area (Å²) in [6.07, 6.45) is 3.08. The summed E-state index contributed by atoms with van der Waals surface area (Å²) in [7, 11) is 0. The van der Waals surface area contributed by atoms with Gasteiger partial charge in [-0.3, -0.25) is 9.35 Å². The topological polar surface area (TPSA) is 82.0 Å². The zero-order valence-corrected chi connectivity index (χ0v) is 11.8. The summed E-state index contributed by atoms with van der Waals surface area (Å²) in [5.41, 5.74) is 0.788. The van der Waals surface area contributed by atoms with Crippen LogP contribution >= 0.6 is 0 Å². The summed E-state index contributed by atoms with van der Waals surface area (Å²) in [6, 6.07) is 8.93. The van der Waals surface area contributed by atoms with Crippen molar-refractivity contribution in [3.05, 3.63) is 35.9 Å². The number of benzene rings is 1. The van der Waals surface area contributed by atoms with E-state index >= 15 is 0 Å².